The van der Waals surface area contributed by atoms with Gasteiger partial charge in [-0.25, -0.2) is 13.4 Å². The number of hydrazine groups is 1. The van der Waals surface area contributed by atoms with Crippen molar-refractivity contribution in [3.8, 4) is 0 Å². The van der Waals surface area contributed by atoms with Crippen molar-refractivity contribution in [2.24, 2.45) is 5.92 Å². The molecule has 7 nitrogen and oxygen atoms in total. The van der Waals surface area contributed by atoms with E-state index in [0.29, 0.717) is 12.8 Å². The smallest absolute Gasteiger partial charge is 0.242 e. The fourth-order valence-electron chi connectivity index (χ4n) is 2.54. The summed E-state index contributed by atoms with van der Waals surface area (Å²) < 4.78 is 23.8. The minimum Gasteiger partial charge on any atom is -0.273 e. The Bertz CT molecular complexity index is 843. The summed E-state index contributed by atoms with van der Waals surface area (Å²) in [4.78, 5) is 28.1. The first kappa shape index (κ1) is 16.8. The maximum absolute atomic E-state index is 11.8. The molecule has 0 spiro atoms. The molecule has 1 fully saturated rings. The lowest BCUT2D eigenvalue weighted by Gasteiger charge is -2.10. The van der Waals surface area contributed by atoms with Crippen LogP contribution in [0.3, 0.4) is 0 Å². The van der Waals surface area contributed by atoms with E-state index < -0.39 is 21.7 Å². The average Bonchev–Trinajstić information content (AvgIpc) is 3.13. The average molecular weight is 367 g/mol. The molecule has 1 atom stereocenters. The number of amides is 2. The summed E-state index contributed by atoms with van der Waals surface area (Å²) in [7, 11) is -3.12. The van der Waals surface area contributed by atoms with Crippen LogP contribution in [0.5, 0.6) is 0 Å². The Morgan fingerprint density at radius 3 is 2.75 bits per heavy atom. The standard InChI is InChI=1S/C15H17N3O4S2/c19-13(17-18-15(20)10-7-8-24(21,22)9-10)5-6-14-16-11-3-1-2-4-12(11)23-14/h1-4,10H,5-9H2,(H,17,19)(H,18,20)/t10-/m0/s1. The highest BCUT2D eigenvalue weighted by Crippen LogP contribution is 2.22. The van der Waals surface area contributed by atoms with Crippen LogP contribution in [-0.4, -0.2) is 36.7 Å². The van der Waals surface area contributed by atoms with Crippen molar-refractivity contribution in [1.29, 1.82) is 0 Å². The van der Waals surface area contributed by atoms with Crippen LogP contribution >= 0.6 is 11.3 Å². The molecule has 0 saturated carbocycles. The Morgan fingerprint density at radius 2 is 2.04 bits per heavy atom. The van der Waals surface area contributed by atoms with Crippen molar-refractivity contribution in [2.75, 3.05) is 11.5 Å². The molecule has 0 aliphatic carbocycles. The first-order valence-electron chi connectivity index (χ1n) is 7.56. The van der Waals surface area contributed by atoms with Gasteiger partial charge < -0.3 is 0 Å². The zero-order valence-corrected chi connectivity index (χ0v) is 14.5. The summed E-state index contributed by atoms with van der Waals surface area (Å²) in [5.41, 5.74) is 5.55. The molecule has 1 saturated heterocycles. The van der Waals surface area contributed by atoms with E-state index in [1.54, 1.807) is 0 Å². The normalized spacial score (nSPS) is 19.2. The number of sulfone groups is 1. The summed E-state index contributed by atoms with van der Waals surface area (Å²) in [5.74, 6) is -1.50. The van der Waals surface area contributed by atoms with Crippen molar-refractivity contribution in [2.45, 2.75) is 19.3 Å². The van der Waals surface area contributed by atoms with Crippen LogP contribution in [0.1, 0.15) is 17.8 Å². The number of benzene rings is 1. The van der Waals surface area contributed by atoms with Crippen LogP contribution in [0.2, 0.25) is 0 Å². The first-order valence-corrected chi connectivity index (χ1v) is 10.2. The van der Waals surface area contributed by atoms with Gasteiger partial charge in [0.25, 0.3) is 0 Å². The van der Waals surface area contributed by atoms with E-state index in [-0.39, 0.29) is 23.8 Å². The Labute approximate surface area is 143 Å². The van der Waals surface area contributed by atoms with Crippen LogP contribution in [-0.2, 0) is 25.8 Å². The van der Waals surface area contributed by atoms with Crippen molar-refractivity contribution in [3.63, 3.8) is 0 Å². The maximum atomic E-state index is 11.8. The van der Waals surface area contributed by atoms with Crippen LogP contribution < -0.4 is 10.9 Å². The Hall–Kier alpha value is -2.00. The number of fused-ring (bicyclic) bond motifs is 1. The van der Waals surface area contributed by atoms with E-state index >= 15 is 0 Å². The molecule has 2 amide bonds. The molecule has 0 unspecified atom stereocenters. The number of aryl methyl sites for hydroxylation is 1. The number of para-hydroxylation sites is 1. The summed E-state index contributed by atoms with van der Waals surface area (Å²) in [6, 6.07) is 7.75. The Balaban J connectivity index is 1.45. The minimum atomic E-state index is -3.12. The van der Waals surface area contributed by atoms with Crippen LogP contribution in [0.15, 0.2) is 24.3 Å². The van der Waals surface area contributed by atoms with Gasteiger partial charge in [-0.2, -0.15) is 0 Å². The predicted molar refractivity (Wildman–Crippen MR) is 91.0 cm³/mol. The van der Waals surface area contributed by atoms with Gasteiger partial charge in [0, 0.05) is 12.8 Å². The summed E-state index contributed by atoms with van der Waals surface area (Å²) in [5, 5.41) is 0.861. The number of nitrogens with zero attached hydrogens (tertiary/aromatic N) is 1. The van der Waals surface area contributed by atoms with Gasteiger partial charge in [-0.15, -0.1) is 11.3 Å². The van der Waals surface area contributed by atoms with Crippen molar-refractivity contribution in [3.05, 3.63) is 29.3 Å². The van der Waals surface area contributed by atoms with Gasteiger partial charge in [-0.3, -0.25) is 20.4 Å². The molecule has 2 heterocycles. The van der Waals surface area contributed by atoms with Gasteiger partial charge >= 0.3 is 0 Å². The number of thiazole rings is 1. The third kappa shape index (κ3) is 4.09. The van der Waals surface area contributed by atoms with Crippen LogP contribution in [0.25, 0.3) is 10.2 Å². The van der Waals surface area contributed by atoms with Crippen molar-refractivity contribution < 1.29 is 18.0 Å². The van der Waals surface area contributed by atoms with E-state index in [1.807, 2.05) is 24.3 Å². The van der Waals surface area contributed by atoms with Crippen LogP contribution in [0.4, 0.5) is 0 Å². The van der Waals surface area contributed by atoms with Gasteiger partial charge in [0.2, 0.25) is 11.8 Å². The number of carbonyl (C=O) groups excluding carboxylic acids is 2. The van der Waals surface area contributed by atoms with Gasteiger partial charge in [-0.05, 0) is 18.6 Å². The molecule has 1 aromatic heterocycles. The van der Waals surface area contributed by atoms with E-state index in [2.05, 4.69) is 15.8 Å². The lowest BCUT2D eigenvalue weighted by atomic mass is 10.1. The highest BCUT2D eigenvalue weighted by atomic mass is 32.2. The third-order valence-electron chi connectivity index (χ3n) is 3.83. The van der Waals surface area contributed by atoms with Gasteiger partial charge in [0.1, 0.15) is 0 Å². The zero-order valence-electron chi connectivity index (χ0n) is 12.8. The molecule has 1 aliphatic rings. The van der Waals surface area contributed by atoms with Gasteiger partial charge in [-0.1, -0.05) is 12.1 Å². The molecule has 2 aromatic rings. The fraction of sp³-hybridized carbons (Fsp3) is 0.400. The summed E-state index contributed by atoms with van der Waals surface area (Å²) >= 11 is 1.54. The third-order valence-corrected chi connectivity index (χ3v) is 6.70. The van der Waals surface area contributed by atoms with E-state index in [4.69, 9.17) is 0 Å². The molecule has 1 aromatic carbocycles. The van der Waals surface area contributed by atoms with Crippen LogP contribution in [0, 0.1) is 5.92 Å². The fourth-order valence-corrected chi connectivity index (χ4v) is 5.25. The lowest BCUT2D eigenvalue weighted by Crippen LogP contribution is -2.44. The largest absolute Gasteiger partial charge is 0.273 e. The van der Waals surface area contributed by atoms with Crippen molar-refractivity contribution >= 4 is 43.2 Å². The number of hydrogen-bond donors (Lipinski definition) is 2. The predicted octanol–water partition coefficient (Wildman–Crippen LogP) is 0.811. The van der Waals surface area contributed by atoms with E-state index in [0.717, 1.165) is 15.2 Å². The molecule has 1 aliphatic heterocycles. The second-order valence-corrected chi connectivity index (χ2v) is 9.06. The topological polar surface area (TPSA) is 105 Å². The molecule has 24 heavy (non-hydrogen) atoms. The molecule has 128 valence electrons. The Kier molecular flexibility index (Phi) is 4.81. The van der Waals surface area contributed by atoms with E-state index in [1.165, 1.54) is 11.3 Å². The molecule has 9 heteroatoms. The quantitative estimate of drug-likeness (QED) is 0.778. The molecule has 2 N–H and O–H groups in total. The number of hydrogen-bond acceptors (Lipinski definition) is 6. The highest BCUT2D eigenvalue weighted by molar-refractivity contribution is 7.91. The summed E-state index contributed by atoms with van der Waals surface area (Å²) in [6.45, 7) is 0. The lowest BCUT2D eigenvalue weighted by molar-refractivity contribution is -0.130. The maximum Gasteiger partial charge on any atom is 0.242 e. The number of nitrogens with one attached hydrogen (secondary N) is 2. The highest BCUT2D eigenvalue weighted by Gasteiger charge is 2.33. The molecule has 3 rings (SSSR count). The number of carbonyl (C=O) groups is 2. The molecular weight excluding hydrogens is 350 g/mol. The monoisotopic (exact) mass is 367 g/mol. The van der Waals surface area contributed by atoms with Gasteiger partial charge in [0.15, 0.2) is 9.84 Å². The minimum absolute atomic E-state index is 0.0244. The molecule has 0 bridgehead atoms. The second kappa shape index (κ2) is 6.86. The number of aromatic nitrogens is 1. The summed E-state index contributed by atoms with van der Waals surface area (Å²) in [6.07, 6.45) is 0.984. The second-order valence-electron chi connectivity index (χ2n) is 5.71. The SMILES string of the molecule is O=C(CCc1nc2ccccc2s1)NNC(=O)[C@H]1CCS(=O)(=O)C1. The first-order chi connectivity index (χ1) is 11.4. The Morgan fingerprint density at radius 1 is 1.25 bits per heavy atom. The van der Waals surface area contributed by atoms with Gasteiger partial charge in [0.05, 0.1) is 32.6 Å². The van der Waals surface area contributed by atoms with E-state index in [9.17, 15) is 18.0 Å². The van der Waals surface area contributed by atoms with Crippen molar-refractivity contribution in [1.82, 2.24) is 15.8 Å². The number of rotatable bonds is 4. The molecule has 0 radical (unpaired) electrons. The molecular formula is C15H17N3O4S2. The zero-order chi connectivity index (χ0) is 17.2.